The van der Waals surface area contributed by atoms with E-state index in [9.17, 15) is 9.59 Å². The highest BCUT2D eigenvalue weighted by atomic mass is 32.1. The molecule has 154 valence electrons. The summed E-state index contributed by atoms with van der Waals surface area (Å²) in [4.78, 5) is 40.6. The van der Waals surface area contributed by atoms with Crippen LogP contribution in [0.2, 0.25) is 0 Å². The molecule has 1 aliphatic rings. The van der Waals surface area contributed by atoms with Crippen LogP contribution in [0.3, 0.4) is 0 Å². The lowest BCUT2D eigenvalue weighted by atomic mass is 10.1. The van der Waals surface area contributed by atoms with Gasteiger partial charge in [0.2, 0.25) is 0 Å². The fourth-order valence-corrected chi connectivity index (χ4v) is 4.40. The van der Waals surface area contributed by atoms with E-state index in [0.29, 0.717) is 43.6 Å². The molecular formula is C21H15N5O4S. The Hall–Kier alpha value is -4.05. The third-order valence-corrected chi connectivity index (χ3v) is 5.82. The van der Waals surface area contributed by atoms with Gasteiger partial charge in [-0.15, -0.1) is 11.3 Å². The second kappa shape index (κ2) is 7.33. The molecule has 9 nitrogen and oxygen atoms in total. The lowest BCUT2D eigenvalue weighted by Gasteiger charge is -2.28. The highest BCUT2D eigenvalue weighted by Crippen LogP contribution is 2.46. The number of benzene rings is 1. The summed E-state index contributed by atoms with van der Waals surface area (Å²) >= 11 is 1.16. The summed E-state index contributed by atoms with van der Waals surface area (Å²) < 4.78 is 10.5. The summed E-state index contributed by atoms with van der Waals surface area (Å²) in [5, 5.41) is 3.45. The van der Waals surface area contributed by atoms with Crippen molar-refractivity contribution in [2.75, 3.05) is 17.3 Å². The number of para-hydroxylation sites is 1. The quantitative estimate of drug-likeness (QED) is 0.467. The third-order valence-electron chi connectivity index (χ3n) is 4.74. The first-order valence-electron chi connectivity index (χ1n) is 9.24. The van der Waals surface area contributed by atoms with Crippen molar-refractivity contribution in [1.29, 1.82) is 0 Å². The lowest BCUT2D eigenvalue weighted by molar-refractivity contribution is 0.0607. The van der Waals surface area contributed by atoms with E-state index in [0.717, 1.165) is 11.3 Å². The van der Waals surface area contributed by atoms with E-state index >= 15 is 0 Å². The molecule has 3 aromatic heterocycles. The van der Waals surface area contributed by atoms with Crippen LogP contribution in [0.1, 0.15) is 15.4 Å². The van der Waals surface area contributed by atoms with Gasteiger partial charge in [0, 0.05) is 6.20 Å². The third kappa shape index (κ3) is 3.13. The lowest BCUT2D eigenvalue weighted by Crippen LogP contribution is -2.35. The van der Waals surface area contributed by atoms with E-state index in [4.69, 9.17) is 9.47 Å². The number of methoxy groups -OCH3 is 1. The summed E-state index contributed by atoms with van der Waals surface area (Å²) in [5.74, 6) is 0.0825. The van der Waals surface area contributed by atoms with Gasteiger partial charge in [0.25, 0.3) is 0 Å². The number of carbonyl (C=O) groups is 2. The molecular weight excluding hydrogens is 418 g/mol. The molecule has 1 aliphatic heterocycles. The fraction of sp³-hybridized carbons (Fsp3) is 0.0952. The normalized spacial score (nSPS) is 12.6. The number of rotatable bonds is 4. The van der Waals surface area contributed by atoms with E-state index < -0.39 is 12.0 Å². The molecule has 0 saturated heterocycles. The average molecular weight is 433 g/mol. The number of thiophene rings is 1. The summed E-state index contributed by atoms with van der Waals surface area (Å²) in [5.41, 5.74) is 2.02. The second-order valence-corrected chi connectivity index (χ2v) is 7.61. The van der Waals surface area contributed by atoms with Crippen LogP contribution < -0.4 is 15.0 Å². The van der Waals surface area contributed by atoms with Gasteiger partial charge >= 0.3 is 18.0 Å². The van der Waals surface area contributed by atoms with Crippen LogP contribution in [0.15, 0.2) is 48.8 Å². The molecule has 4 aromatic rings. The predicted molar refractivity (Wildman–Crippen MR) is 115 cm³/mol. The van der Waals surface area contributed by atoms with Crippen LogP contribution >= 0.6 is 11.3 Å². The molecule has 0 fully saturated rings. The van der Waals surface area contributed by atoms with Crippen molar-refractivity contribution in [3.63, 3.8) is 0 Å². The van der Waals surface area contributed by atoms with Gasteiger partial charge in [0.1, 0.15) is 15.5 Å². The standard InChI is InChI=1S/C21H15N5O4S/c1-11-14(10-23-20(24-11)30-12-6-4-3-5-7-12)26-13-8-9-22-18-15(13)16(25-21(26)28)17(31-18)19(27)29-2/h3-10H,1-2H3,(H,25,28). The minimum Gasteiger partial charge on any atom is -0.465 e. The van der Waals surface area contributed by atoms with Gasteiger partial charge in [-0.1, -0.05) is 18.2 Å². The topological polar surface area (TPSA) is 107 Å². The minimum atomic E-state index is -0.528. The summed E-state index contributed by atoms with van der Waals surface area (Å²) in [6, 6.07) is 10.6. The number of ether oxygens (including phenoxy) is 2. The van der Waals surface area contributed by atoms with Crippen molar-refractivity contribution < 1.29 is 19.1 Å². The molecule has 2 amide bonds. The highest BCUT2D eigenvalue weighted by Gasteiger charge is 2.34. The largest absolute Gasteiger partial charge is 0.465 e. The summed E-state index contributed by atoms with van der Waals surface area (Å²) in [6.07, 6.45) is 3.12. The van der Waals surface area contributed by atoms with Gasteiger partial charge in [-0.25, -0.2) is 19.6 Å². The SMILES string of the molecule is COC(=O)c1sc2nccc3c2c1NC(=O)N3c1cnc(Oc2ccccc2)nc1C. The molecule has 0 aliphatic carbocycles. The number of aromatic nitrogens is 3. The van der Waals surface area contributed by atoms with Gasteiger partial charge in [0.15, 0.2) is 0 Å². The molecule has 4 heterocycles. The Morgan fingerprint density at radius 1 is 1.13 bits per heavy atom. The van der Waals surface area contributed by atoms with Crippen LogP contribution in [-0.4, -0.2) is 34.1 Å². The molecule has 5 rings (SSSR count). The number of amides is 2. The monoisotopic (exact) mass is 433 g/mol. The number of hydrogen-bond acceptors (Lipinski definition) is 8. The zero-order valence-electron chi connectivity index (χ0n) is 16.4. The summed E-state index contributed by atoms with van der Waals surface area (Å²) in [6.45, 7) is 1.77. The minimum absolute atomic E-state index is 0.175. The molecule has 10 heteroatoms. The number of esters is 1. The van der Waals surface area contributed by atoms with Crippen molar-refractivity contribution in [3.8, 4) is 11.8 Å². The Kier molecular flexibility index (Phi) is 4.48. The first kappa shape index (κ1) is 18.9. The average Bonchev–Trinajstić information content (AvgIpc) is 3.14. The number of aryl methyl sites for hydroxylation is 1. The van der Waals surface area contributed by atoms with Crippen molar-refractivity contribution >= 4 is 50.6 Å². The van der Waals surface area contributed by atoms with E-state index in [-0.39, 0.29) is 6.01 Å². The van der Waals surface area contributed by atoms with Crippen molar-refractivity contribution in [2.24, 2.45) is 0 Å². The van der Waals surface area contributed by atoms with Gasteiger partial charge < -0.3 is 14.8 Å². The van der Waals surface area contributed by atoms with Crippen molar-refractivity contribution in [3.05, 3.63) is 59.4 Å². The number of anilines is 3. The van der Waals surface area contributed by atoms with Gasteiger partial charge in [-0.2, -0.15) is 4.98 Å². The Morgan fingerprint density at radius 2 is 1.94 bits per heavy atom. The molecule has 0 bridgehead atoms. The molecule has 0 spiro atoms. The van der Waals surface area contributed by atoms with Crippen LogP contribution in [0, 0.1) is 6.92 Å². The Labute approximate surface area is 180 Å². The van der Waals surface area contributed by atoms with Crippen LogP contribution in [0.5, 0.6) is 11.8 Å². The molecule has 0 unspecified atom stereocenters. The summed E-state index contributed by atoms with van der Waals surface area (Å²) in [7, 11) is 1.30. The van der Waals surface area contributed by atoms with Gasteiger partial charge in [0.05, 0.1) is 41.4 Å². The maximum Gasteiger partial charge on any atom is 0.350 e. The smallest absolute Gasteiger partial charge is 0.350 e. The number of hydrogen-bond donors (Lipinski definition) is 1. The Balaban J connectivity index is 1.58. The maximum absolute atomic E-state index is 13.0. The molecule has 0 saturated carbocycles. The molecule has 1 aromatic carbocycles. The first-order chi connectivity index (χ1) is 15.1. The van der Waals surface area contributed by atoms with Crippen molar-refractivity contribution in [1.82, 2.24) is 15.0 Å². The number of nitrogens with one attached hydrogen (secondary N) is 1. The Bertz CT molecular complexity index is 1340. The fourth-order valence-electron chi connectivity index (χ4n) is 3.36. The number of nitrogens with zero attached hydrogens (tertiary/aromatic N) is 4. The molecule has 0 atom stereocenters. The number of carbonyl (C=O) groups excluding carboxylic acids is 2. The molecule has 1 N–H and O–H groups in total. The van der Waals surface area contributed by atoms with Crippen molar-refractivity contribution in [2.45, 2.75) is 6.92 Å². The van der Waals surface area contributed by atoms with E-state index in [1.807, 2.05) is 18.2 Å². The maximum atomic E-state index is 13.0. The van der Waals surface area contributed by atoms with Crippen LogP contribution in [0.4, 0.5) is 21.9 Å². The second-order valence-electron chi connectivity index (χ2n) is 6.61. The Morgan fingerprint density at radius 3 is 2.68 bits per heavy atom. The highest BCUT2D eigenvalue weighted by molar-refractivity contribution is 7.21. The van der Waals surface area contributed by atoms with E-state index in [1.54, 1.807) is 31.3 Å². The molecule has 0 radical (unpaired) electrons. The number of pyridine rings is 1. The van der Waals surface area contributed by atoms with Crippen LogP contribution in [0.25, 0.3) is 10.2 Å². The van der Waals surface area contributed by atoms with E-state index in [2.05, 4.69) is 20.3 Å². The van der Waals surface area contributed by atoms with E-state index in [1.165, 1.54) is 18.2 Å². The van der Waals surface area contributed by atoms with Gasteiger partial charge in [-0.05, 0) is 25.1 Å². The zero-order valence-corrected chi connectivity index (χ0v) is 17.3. The predicted octanol–water partition coefficient (Wildman–Crippen LogP) is 4.66. The van der Waals surface area contributed by atoms with Crippen LogP contribution in [-0.2, 0) is 4.74 Å². The first-order valence-corrected chi connectivity index (χ1v) is 10.1. The molecule has 31 heavy (non-hydrogen) atoms. The van der Waals surface area contributed by atoms with Gasteiger partial charge in [-0.3, -0.25) is 4.90 Å². The number of urea groups is 1. The zero-order chi connectivity index (χ0) is 21.5.